The van der Waals surface area contributed by atoms with Crippen molar-refractivity contribution in [1.29, 1.82) is 0 Å². The number of thioether (sulfide) groups is 1. The van der Waals surface area contributed by atoms with Crippen LogP contribution in [0.3, 0.4) is 0 Å². The van der Waals surface area contributed by atoms with E-state index in [1.165, 1.54) is 12.8 Å². The van der Waals surface area contributed by atoms with Crippen LogP contribution in [0, 0.1) is 0 Å². The van der Waals surface area contributed by atoms with Crippen molar-refractivity contribution in [2.75, 3.05) is 0 Å². The second-order valence-corrected chi connectivity index (χ2v) is 6.22. The van der Waals surface area contributed by atoms with Gasteiger partial charge in [0.05, 0.1) is 5.75 Å². The molecule has 0 bridgehead atoms. The highest BCUT2D eigenvalue weighted by molar-refractivity contribution is 7.99. The van der Waals surface area contributed by atoms with E-state index in [4.69, 9.17) is 5.73 Å². The molecule has 1 heterocycles. The standard InChI is InChI=1S/C11H16F3N3OS/c1-10(15,11(12,13)14)9-16-8(17-18-9)6-19-7-4-2-3-5-7/h7H,2-6,15H2,1H3. The van der Waals surface area contributed by atoms with Gasteiger partial charge < -0.3 is 10.3 Å². The number of nitrogens with zero attached hydrogens (tertiary/aromatic N) is 2. The summed E-state index contributed by atoms with van der Waals surface area (Å²) in [5.74, 6) is 0.150. The number of hydrogen-bond acceptors (Lipinski definition) is 5. The van der Waals surface area contributed by atoms with Gasteiger partial charge in [0.15, 0.2) is 11.4 Å². The molecule has 0 aromatic carbocycles. The zero-order valence-corrected chi connectivity index (χ0v) is 11.4. The smallest absolute Gasteiger partial charge is 0.337 e. The van der Waals surface area contributed by atoms with Crippen molar-refractivity contribution in [2.24, 2.45) is 5.73 Å². The molecule has 1 unspecified atom stereocenters. The third-order valence-electron chi connectivity index (χ3n) is 3.25. The second kappa shape index (κ2) is 5.32. The first-order valence-corrected chi connectivity index (χ1v) is 7.16. The minimum Gasteiger partial charge on any atom is -0.337 e. The topological polar surface area (TPSA) is 64.9 Å². The first-order chi connectivity index (χ1) is 8.80. The third-order valence-corrected chi connectivity index (χ3v) is 4.62. The van der Waals surface area contributed by atoms with Crippen molar-refractivity contribution in [1.82, 2.24) is 10.1 Å². The molecule has 108 valence electrons. The summed E-state index contributed by atoms with van der Waals surface area (Å²) in [5.41, 5.74) is 2.62. The molecule has 1 aliphatic carbocycles. The van der Waals surface area contributed by atoms with Gasteiger partial charge in [-0.3, -0.25) is 0 Å². The Morgan fingerprint density at radius 2 is 2.00 bits per heavy atom. The summed E-state index contributed by atoms with van der Waals surface area (Å²) in [6.45, 7) is 0.828. The Morgan fingerprint density at radius 3 is 2.58 bits per heavy atom. The fourth-order valence-electron chi connectivity index (χ4n) is 1.89. The molecule has 4 nitrogen and oxygen atoms in total. The molecular weight excluding hydrogens is 279 g/mol. The zero-order valence-electron chi connectivity index (χ0n) is 10.5. The molecule has 1 aliphatic rings. The number of rotatable bonds is 4. The van der Waals surface area contributed by atoms with E-state index in [-0.39, 0.29) is 5.82 Å². The van der Waals surface area contributed by atoms with Crippen LogP contribution in [0.5, 0.6) is 0 Å². The molecular formula is C11H16F3N3OS. The van der Waals surface area contributed by atoms with Crippen LogP contribution < -0.4 is 5.73 Å². The lowest BCUT2D eigenvalue weighted by Crippen LogP contribution is -2.48. The Balaban J connectivity index is 1.98. The highest BCUT2D eigenvalue weighted by atomic mass is 32.2. The van der Waals surface area contributed by atoms with Crippen molar-refractivity contribution in [2.45, 2.75) is 55.3 Å². The molecule has 1 aromatic heterocycles. The van der Waals surface area contributed by atoms with Crippen LogP contribution in [0.4, 0.5) is 13.2 Å². The Bertz CT molecular complexity index is 427. The number of hydrogen-bond donors (Lipinski definition) is 1. The molecule has 1 atom stereocenters. The molecule has 1 saturated carbocycles. The summed E-state index contributed by atoms with van der Waals surface area (Å²) in [6.07, 6.45) is 0.0999. The predicted molar refractivity (Wildman–Crippen MR) is 65.4 cm³/mol. The minimum atomic E-state index is -4.62. The summed E-state index contributed by atoms with van der Waals surface area (Å²) >= 11 is 1.66. The van der Waals surface area contributed by atoms with Gasteiger partial charge in [0, 0.05) is 5.25 Å². The first kappa shape index (κ1) is 14.6. The number of halogens is 3. The second-order valence-electron chi connectivity index (χ2n) is 4.93. The van der Waals surface area contributed by atoms with Gasteiger partial charge in [-0.05, 0) is 19.8 Å². The number of nitrogens with two attached hydrogens (primary N) is 1. The van der Waals surface area contributed by atoms with E-state index >= 15 is 0 Å². The molecule has 1 fully saturated rings. The van der Waals surface area contributed by atoms with Gasteiger partial charge in [-0.1, -0.05) is 18.0 Å². The van der Waals surface area contributed by atoms with Crippen LogP contribution in [0.1, 0.15) is 44.3 Å². The lowest BCUT2D eigenvalue weighted by molar-refractivity contribution is -0.190. The van der Waals surface area contributed by atoms with Gasteiger partial charge in [0.1, 0.15) is 0 Å². The van der Waals surface area contributed by atoms with Gasteiger partial charge in [-0.25, -0.2) is 0 Å². The van der Waals surface area contributed by atoms with Crippen LogP contribution in [0.2, 0.25) is 0 Å². The molecule has 0 amide bonds. The average molecular weight is 295 g/mol. The van der Waals surface area contributed by atoms with Gasteiger partial charge in [-0.15, -0.1) is 0 Å². The summed E-state index contributed by atoms with van der Waals surface area (Å²) in [4.78, 5) is 3.77. The lowest BCUT2D eigenvalue weighted by atomic mass is 10.0. The molecule has 2 N–H and O–H groups in total. The summed E-state index contributed by atoms with van der Waals surface area (Å²) in [7, 11) is 0. The van der Waals surface area contributed by atoms with Gasteiger partial charge in [-0.2, -0.15) is 29.9 Å². The van der Waals surface area contributed by atoms with Crippen molar-refractivity contribution in [3.05, 3.63) is 11.7 Å². The van der Waals surface area contributed by atoms with Crippen LogP contribution >= 0.6 is 11.8 Å². The van der Waals surface area contributed by atoms with Crippen molar-refractivity contribution in [3.63, 3.8) is 0 Å². The Labute approximate surface area is 113 Å². The van der Waals surface area contributed by atoms with Crippen LogP contribution in [-0.2, 0) is 11.3 Å². The molecule has 0 aliphatic heterocycles. The Hall–Kier alpha value is -0.760. The highest BCUT2D eigenvalue weighted by Crippen LogP contribution is 2.36. The fourth-order valence-corrected chi connectivity index (χ4v) is 3.06. The quantitative estimate of drug-likeness (QED) is 0.925. The van der Waals surface area contributed by atoms with E-state index in [1.807, 2.05) is 0 Å². The summed E-state index contributed by atoms with van der Waals surface area (Å²) < 4.78 is 42.8. The molecule has 0 radical (unpaired) electrons. The van der Waals surface area contributed by atoms with E-state index in [0.29, 0.717) is 11.0 Å². The highest BCUT2D eigenvalue weighted by Gasteiger charge is 2.53. The lowest BCUT2D eigenvalue weighted by Gasteiger charge is -2.22. The molecule has 19 heavy (non-hydrogen) atoms. The van der Waals surface area contributed by atoms with Gasteiger partial charge in [0.2, 0.25) is 0 Å². The predicted octanol–water partition coefficient (Wildman–Crippen LogP) is 2.98. The van der Waals surface area contributed by atoms with E-state index in [0.717, 1.165) is 19.8 Å². The molecule has 0 spiro atoms. The van der Waals surface area contributed by atoms with E-state index in [2.05, 4.69) is 14.7 Å². The first-order valence-electron chi connectivity index (χ1n) is 6.11. The minimum absolute atomic E-state index is 0.271. The maximum absolute atomic E-state index is 12.7. The third kappa shape index (κ3) is 3.22. The van der Waals surface area contributed by atoms with E-state index in [1.54, 1.807) is 11.8 Å². The van der Waals surface area contributed by atoms with Crippen LogP contribution in [0.25, 0.3) is 0 Å². The maximum atomic E-state index is 12.7. The molecule has 2 rings (SSSR count). The van der Waals surface area contributed by atoms with Crippen LogP contribution in [-0.4, -0.2) is 21.6 Å². The maximum Gasteiger partial charge on any atom is 0.415 e. The number of alkyl halides is 3. The van der Waals surface area contributed by atoms with Crippen molar-refractivity contribution < 1.29 is 17.7 Å². The molecule has 1 aromatic rings. The van der Waals surface area contributed by atoms with Crippen molar-refractivity contribution >= 4 is 11.8 Å². The fraction of sp³-hybridized carbons (Fsp3) is 0.818. The van der Waals surface area contributed by atoms with Crippen LogP contribution in [0.15, 0.2) is 4.52 Å². The average Bonchev–Trinajstić information content (AvgIpc) is 2.96. The van der Waals surface area contributed by atoms with Gasteiger partial charge in [0.25, 0.3) is 5.89 Å². The van der Waals surface area contributed by atoms with Crippen molar-refractivity contribution in [3.8, 4) is 0 Å². The Morgan fingerprint density at radius 1 is 1.37 bits per heavy atom. The monoisotopic (exact) mass is 295 g/mol. The summed E-state index contributed by atoms with van der Waals surface area (Å²) in [5, 5.41) is 4.12. The zero-order chi connectivity index (χ0) is 14.1. The molecule has 0 saturated heterocycles. The Kier molecular flexibility index (Phi) is 4.10. The summed E-state index contributed by atoms with van der Waals surface area (Å²) in [6, 6.07) is 0. The normalized spacial score (nSPS) is 20.7. The van der Waals surface area contributed by atoms with Gasteiger partial charge >= 0.3 is 6.18 Å². The van der Waals surface area contributed by atoms with E-state index < -0.39 is 17.6 Å². The number of aromatic nitrogens is 2. The largest absolute Gasteiger partial charge is 0.415 e. The SMILES string of the molecule is CC(N)(c1nc(CSC2CCCC2)no1)C(F)(F)F. The van der Waals surface area contributed by atoms with E-state index in [9.17, 15) is 13.2 Å². The molecule has 8 heteroatoms.